The molecule has 0 saturated carbocycles. The van der Waals surface area contributed by atoms with Gasteiger partial charge in [-0.2, -0.15) is 0 Å². The molecule has 2 saturated heterocycles. The second-order valence-corrected chi connectivity index (χ2v) is 3.90. The van der Waals surface area contributed by atoms with Crippen LogP contribution in [0.25, 0.3) is 0 Å². The van der Waals surface area contributed by atoms with E-state index in [1.807, 2.05) is 0 Å². The molecule has 12 heavy (non-hydrogen) atoms. The summed E-state index contributed by atoms with van der Waals surface area (Å²) in [6, 6.07) is 0. The van der Waals surface area contributed by atoms with E-state index in [0.29, 0.717) is 18.3 Å². The first kappa shape index (κ1) is 10.0. The smallest absolute Gasteiger partial charge is 0.0836 e. The van der Waals surface area contributed by atoms with Crippen molar-refractivity contribution in [3.05, 3.63) is 0 Å². The first-order chi connectivity index (χ1) is 5.65. The number of hydrogen-bond acceptors (Lipinski definition) is 2. The average molecular weight is 172 g/mol. The molecule has 0 amide bonds. The molecule has 3 atom stereocenters. The fourth-order valence-corrected chi connectivity index (χ4v) is 1.10. The highest BCUT2D eigenvalue weighted by molar-refractivity contribution is 4.77. The van der Waals surface area contributed by atoms with Crippen molar-refractivity contribution in [1.82, 2.24) is 0 Å². The molecule has 0 spiro atoms. The second kappa shape index (κ2) is 4.24. The molecule has 0 aliphatic carbocycles. The van der Waals surface area contributed by atoms with Gasteiger partial charge in [0.2, 0.25) is 0 Å². The zero-order valence-electron chi connectivity index (χ0n) is 8.54. The summed E-state index contributed by atoms with van der Waals surface area (Å²) < 4.78 is 10.0. The van der Waals surface area contributed by atoms with Gasteiger partial charge in [0.25, 0.3) is 0 Å². The van der Waals surface area contributed by atoms with Crippen LogP contribution in [0.1, 0.15) is 34.1 Å². The molecule has 2 aliphatic heterocycles. The Kier molecular flexibility index (Phi) is 3.53. The predicted octanol–water partition coefficient (Wildman–Crippen LogP) is 2.22. The fourth-order valence-electron chi connectivity index (χ4n) is 1.10. The molecule has 0 N–H and O–H groups in total. The van der Waals surface area contributed by atoms with Gasteiger partial charge < -0.3 is 9.47 Å². The topological polar surface area (TPSA) is 25.1 Å². The standard InChI is InChI=1S/2C5H10O/c1-4(2)5-3-6-5;1-3-5-4(2)6-5/h2*4-5H,3H2,1-2H3. The first-order valence-corrected chi connectivity index (χ1v) is 4.92. The van der Waals surface area contributed by atoms with Crippen LogP contribution in [0.5, 0.6) is 0 Å². The van der Waals surface area contributed by atoms with E-state index in [1.165, 1.54) is 6.42 Å². The average Bonchev–Trinajstić information content (AvgIpc) is 2.82. The van der Waals surface area contributed by atoms with Crippen LogP contribution in [0.15, 0.2) is 0 Å². The lowest BCUT2D eigenvalue weighted by Gasteiger charge is -1.90. The molecular weight excluding hydrogens is 152 g/mol. The van der Waals surface area contributed by atoms with Gasteiger partial charge in [-0.15, -0.1) is 0 Å². The summed E-state index contributed by atoms with van der Waals surface area (Å²) in [6.45, 7) is 9.61. The normalized spacial score (nSPS) is 37.2. The third kappa shape index (κ3) is 3.55. The fraction of sp³-hybridized carbons (Fsp3) is 1.00. The number of ether oxygens (including phenoxy) is 2. The molecule has 2 nitrogen and oxygen atoms in total. The molecule has 2 aliphatic rings. The van der Waals surface area contributed by atoms with Crippen molar-refractivity contribution in [2.75, 3.05) is 6.61 Å². The Morgan fingerprint density at radius 3 is 1.92 bits per heavy atom. The summed E-state index contributed by atoms with van der Waals surface area (Å²) in [4.78, 5) is 0. The zero-order valence-corrected chi connectivity index (χ0v) is 8.54. The highest BCUT2D eigenvalue weighted by atomic mass is 16.6. The van der Waals surface area contributed by atoms with Gasteiger partial charge in [-0.05, 0) is 19.3 Å². The van der Waals surface area contributed by atoms with E-state index in [4.69, 9.17) is 9.47 Å². The molecule has 72 valence electrons. The lowest BCUT2D eigenvalue weighted by Crippen LogP contribution is -1.94. The summed E-state index contributed by atoms with van der Waals surface area (Å²) in [7, 11) is 0. The Bertz CT molecular complexity index is 128. The van der Waals surface area contributed by atoms with Gasteiger partial charge >= 0.3 is 0 Å². The Hall–Kier alpha value is -0.0800. The van der Waals surface area contributed by atoms with Crippen molar-refractivity contribution in [2.45, 2.75) is 52.4 Å². The monoisotopic (exact) mass is 172 g/mol. The van der Waals surface area contributed by atoms with Crippen molar-refractivity contribution in [3.8, 4) is 0 Å². The predicted molar refractivity (Wildman–Crippen MR) is 49.2 cm³/mol. The van der Waals surface area contributed by atoms with Gasteiger partial charge in [0.15, 0.2) is 0 Å². The van der Waals surface area contributed by atoms with Crippen molar-refractivity contribution in [3.63, 3.8) is 0 Å². The molecule has 0 aromatic rings. The highest BCUT2D eigenvalue weighted by Crippen LogP contribution is 2.23. The molecule has 2 heterocycles. The Morgan fingerprint density at radius 2 is 1.92 bits per heavy atom. The van der Waals surface area contributed by atoms with E-state index < -0.39 is 0 Å². The van der Waals surface area contributed by atoms with Crippen LogP contribution >= 0.6 is 0 Å². The molecule has 2 rings (SSSR count). The number of epoxide rings is 2. The maximum absolute atomic E-state index is 5.07. The molecule has 0 aromatic carbocycles. The van der Waals surface area contributed by atoms with Gasteiger partial charge in [-0.3, -0.25) is 0 Å². The quantitative estimate of drug-likeness (QED) is 0.597. The SMILES string of the molecule is CC(C)C1CO1.CCC1OC1C. The van der Waals surface area contributed by atoms with Gasteiger partial charge in [0, 0.05) is 0 Å². The number of rotatable bonds is 2. The van der Waals surface area contributed by atoms with E-state index >= 15 is 0 Å². The minimum Gasteiger partial charge on any atom is -0.373 e. The summed E-state index contributed by atoms with van der Waals surface area (Å²) in [6.07, 6.45) is 2.95. The van der Waals surface area contributed by atoms with Crippen molar-refractivity contribution in [1.29, 1.82) is 0 Å². The van der Waals surface area contributed by atoms with Crippen LogP contribution in [0, 0.1) is 5.92 Å². The molecule has 2 fully saturated rings. The van der Waals surface area contributed by atoms with Gasteiger partial charge in [-0.1, -0.05) is 20.8 Å². The molecule has 2 heteroatoms. The molecule has 0 aromatic heterocycles. The lowest BCUT2D eigenvalue weighted by atomic mass is 10.2. The van der Waals surface area contributed by atoms with Crippen LogP contribution in [0.3, 0.4) is 0 Å². The van der Waals surface area contributed by atoms with Gasteiger partial charge in [0.1, 0.15) is 0 Å². The molecule has 0 radical (unpaired) electrons. The zero-order chi connectivity index (χ0) is 9.14. The Balaban J connectivity index is 0.000000120. The van der Waals surface area contributed by atoms with Crippen LogP contribution in [0.4, 0.5) is 0 Å². The van der Waals surface area contributed by atoms with Gasteiger partial charge in [-0.25, -0.2) is 0 Å². The number of hydrogen-bond donors (Lipinski definition) is 0. The second-order valence-electron chi connectivity index (χ2n) is 3.90. The first-order valence-electron chi connectivity index (χ1n) is 4.92. The third-order valence-electron chi connectivity index (χ3n) is 2.34. The van der Waals surface area contributed by atoms with Crippen molar-refractivity contribution in [2.24, 2.45) is 5.92 Å². The van der Waals surface area contributed by atoms with E-state index in [1.54, 1.807) is 0 Å². The van der Waals surface area contributed by atoms with Crippen LogP contribution in [-0.2, 0) is 9.47 Å². The van der Waals surface area contributed by atoms with E-state index in [2.05, 4.69) is 27.7 Å². The molecule has 0 bridgehead atoms. The van der Waals surface area contributed by atoms with Crippen molar-refractivity contribution < 1.29 is 9.47 Å². The van der Waals surface area contributed by atoms with E-state index in [9.17, 15) is 0 Å². The third-order valence-corrected chi connectivity index (χ3v) is 2.34. The van der Waals surface area contributed by atoms with Crippen LogP contribution in [0.2, 0.25) is 0 Å². The maximum Gasteiger partial charge on any atom is 0.0836 e. The largest absolute Gasteiger partial charge is 0.373 e. The van der Waals surface area contributed by atoms with Crippen molar-refractivity contribution >= 4 is 0 Å². The highest BCUT2D eigenvalue weighted by Gasteiger charge is 2.31. The lowest BCUT2D eigenvalue weighted by molar-refractivity contribution is 0.356. The Labute approximate surface area is 75.2 Å². The minimum atomic E-state index is 0.565. The summed E-state index contributed by atoms with van der Waals surface area (Å²) in [5.41, 5.74) is 0. The van der Waals surface area contributed by atoms with E-state index in [-0.39, 0.29) is 0 Å². The van der Waals surface area contributed by atoms with Gasteiger partial charge in [0.05, 0.1) is 24.9 Å². The van der Waals surface area contributed by atoms with E-state index in [0.717, 1.165) is 12.5 Å². The summed E-state index contributed by atoms with van der Waals surface area (Å²) in [5.74, 6) is 0.741. The maximum atomic E-state index is 5.07. The Morgan fingerprint density at radius 1 is 1.42 bits per heavy atom. The van der Waals surface area contributed by atoms with Crippen LogP contribution < -0.4 is 0 Å². The summed E-state index contributed by atoms with van der Waals surface area (Å²) in [5, 5.41) is 0. The minimum absolute atomic E-state index is 0.565. The summed E-state index contributed by atoms with van der Waals surface area (Å²) >= 11 is 0. The molecular formula is C10H20O2. The molecule has 3 unspecified atom stereocenters. The van der Waals surface area contributed by atoms with Crippen LogP contribution in [-0.4, -0.2) is 24.9 Å².